The van der Waals surface area contributed by atoms with Crippen molar-refractivity contribution in [1.29, 1.82) is 0 Å². The Morgan fingerprint density at radius 1 is 1.06 bits per heavy atom. The van der Waals surface area contributed by atoms with E-state index in [9.17, 15) is 4.79 Å². The number of nitrogens with two attached hydrogens (primary N) is 1. The molecule has 0 aliphatic carbocycles. The maximum absolute atomic E-state index is 11.6. The standard InChI is InChI=1S/C13H23N3O2/c14-10-1-5-15(6-2-10)11-3-7-16(9-11)12-4-8-18-13(12)17/h10-12H,1-9,14H2. The predicted octanol–water partition coefficient (Wildman–Crippen LogP) is -0.201. The van der Waals surface area contributed by atoms with Gasteiger partial charge in [0.15, 0.2) is 0 Å². The summed E-state index contributed by atoms with van der Waals surface area (Å²) in [5.41, 5.74) is 5.94. The fourth-order valence-corrected chi connectivity index (χ4v) is 3.45. The highest BCUT2D eigenvalue weighted by molar-refractivity contribution is 5.77. The van der Waals surface area contributed by atoms with Gasteiger partial charge >= 0.3 is 5.97 Å². The van der Waals surface area contributed by atoms with Gasteiger partial charge in [-0.05, 0) is 32.4 Å². The molecule has 0 aromatic heterocycles. The molecule has 3 aliphatic heterocycles. The monoisotopic (exact) mass is 253 g/mol. The number of nitrogens with zero attached hydrogens (tertiary/aromatic N) is 2. The van der Waals surface area contributed by atoms with Gasteiger partial charge in [0.2, 0.25) is 0 Å². The number of carbonyl (C=O) groups excluding carboxylic acids is 1. The van der Waals surface area contributed by atoms with Crippen LogP contribution in [0.3, 0.4) is 0 Å². The molecule has 2 unspecified atom stereocenters. The molecule has 3 heterocycles. The molecule has 3 fully saturated rings. The van der Waals surface area contributed by atoms with Crippen molar-refractivity contribution in [3.63, 3.8) is 0 Å². The summed E-state index contributed by atoms with van der Waals surface area (Å²) in [5.74, 6) is -0.0173. The van der Waals surface area contributed by atoms with Crippen LogP contribution in [0, 0.1) is 0 Å². The van der Waals surface area contributed by atoms with Gasteiger partial charge in [-0.15, -0.1) is 0 Å². The molecule has 0 amide bonds. The van der Waals surface area contributed by atoms with Gasteiger partial charge in [-0.1, -0.05) is 0 Å². The number of piperidine rings is 1. The van der Waals surface area contributed by atoms with Crippen molar-refractivity contribution in [2.75, 3.05) is 32.8 Å². The second kappa shape index (κ2) is 5.15. The first kappa shape index (κ1) is 12.4. The van der Waals surface area contributed by atoms with Gasteiger partial charge in [0.25, 0.3) is 0 Å². The fourth-order valence-electron chi connectivity index (χ4n) is 3.45. The number of hydrogen-bond donors (Lipinski definition) is 1. The Balaban J connectivity index is 1.53. The molecule has 0 bridgehead atoms. The molecule has 0 aromatic rings. The molecule has 18 heavy (non-hydrogen) atoms. The van der Waals surface area contributed by atoms with Crippen molar-refractivity contribution >= 4 is 5.97 Å². The normalized spacial score (nSPS) is 36.2. The van der Waals surface area contributed by atoms with Crippen molar-refractivity contribution in [1.82, 2.24) is 9.80 Å². The molecule has 0 radical (unpaired) electrons. The van der Waals surface area contributed by atoms with E-state index in [1.807, 2.05) is 0 Å². The number of ether oxygens (including phenoxy) is 1. The minimum Gasteiger partial charge on any atom is -0.464 e. The molecule has 3 aliphatic rings. The van der Waals surface area contributed by atoms with E-state index in [0.29, 0.717) is 18.7 Å². The summed E-state index contributed by atoms with van der Waals surface area (Å²) < 4.78 is 5.06. The van der Waals surface area contributed by atoms with Crippen LogP contribution in [0.15, 0.2) is 0 Å². The quantitative estimate of drug-likeness (QED) is 0.691. The zero-order valence-corrected chi connectivity index (χ0v) is 10.9. The molecular weight excluding hydrogens is 230 g/mol. The van der Waals surface area contributed by atoms with Crippen LogP contribution in [-0.2, 0) is 9.53 Å². The summed E-state index contributed by atoms with van der Waals surface area (Å²) in [4.78, 5) is 16.5. The van der Waals surface area contributed by atoms with Gasteiger partial charge in [-0.25, -0.2) is 0 Å². The van der Waals surface area contributed by atoms with Crippen LogP contribution in [-0.4, -0.2) is 66.7 Å². The summed E-state index contributed by atoms with van der Waals surface area (Å²) in [6, 6.07) is 1.04. The maximum Gasteiger partial charge on any atom is 0.323 e. The predicted molar refractivity (Wildman–Crippen MR) is 68.1 cm³/mol. The topological polar surface area (TPSA) is 58.8 Å². The lowest BCUT2D eigenvalue weighted by Crippen LogP contribution is -2.47. The number of rotatable bonds is 2. The minimum atomic E-state index is -0.0173. The number of carbonyl (C=O) groups is 1. The average Bonchev–Trinajstić information content (AvgIpc) is 2.98. The van der Waals surface area contributed by atoms with Crippen LogP contribution < -0.4 is 5.73 Å². The molecule has 5 heteroatoms. The van der Waals surface area contributed by atoms with Crippen molar-refractivity contribution < 1.29 is 9.53 Å². The van der Waals surface area contributed by atoms with Crippen molar-refractivity contribution in [2.24, 2.45) is 5.73 Å². The van der Waals surface area contributed by atoms with E-state index in [1.54, 1.807) is 0 Å². The van der Waals surface area contributed by atoms with Gasteiger partial charge < -0.3 is 10.5 Å². The van der Waals surface area contributed by atoms with Crippen LogP contribution in [0.25, 0.3) is 0 Å². The zero-order chi connectivity index (χ0) is 12.5. The summed E-state index contributed by atoms with van der Waals surface area (Å²) in [7, 11) is 0. The molecule has 3 saturated heterocycles. The van der Waals surface area contributed by atoms with Crippen molar-refractivity contribution in [3.05, 3.63) is 0 Å². The van der Waals surface area contributed by atoms with Crippen LogP contribution in [0.2, 0.25) is 0 Å². The van der Waals surface area contributed by atoms with E-state index in [4.69, 9.17) is 10.5 Å². The van der Waals surface area contributed by atoms with E-state index in [1.165, 1.54) is 6.42 Å². The Labute approximate surface area is 108 Å². The highest BCUT2D eigenvalue weighted by Gasteiger charge is 2.38. The number of likely N-dealkylation sites (tertiary alicyclic amines) is 2. The molecule has 102 valence electrons. The van der Waals surface area contributed by atoms with E-state index in [0.717, 1.165) is 45.4 Å². The molecule has 3 rings (SSSR count). The van der Waals surface area contributed by atoms with Gasteiger partial charge in [0.05, 0.1) is 6.61 Å². The number of hydrogen-bond acceptors (Lipinski definition) is 5. The Morgan fingerprint density at radius 2 is 1.78 bits per heavy atom. The minimum absolute atomic E-state index is 0.0173. The molecule has 0 saturated carbocycles. The number of cyclic esters (lactones) is 1. The highest BCUT2D eigenvalue weighted by atomic mass is 16.5. The lowest BCUT2D eigenvalue weighted by molar-refractivity contribution is -0.142. The lowest BCUT2D eigenvalue weighted by Gasteiger charge is -2.35. The molecule has 2 N–H and O–H groups in total. The van der Waals surface area contributed by atoms with E-state index in [2.05, 4.69) is 9.80 Å². The van der Waals surface area contributed by atoms with Gasteiger partial charge in [-0.3, -0.25) is 14.6 Å². The van der Waals surface area contributed by atoms with Crippen LogP contribution in [0.5, 0.6) is 0 Å². The van der Waals surface area contributed by atoms with E-state index in [-0.39, 0.29) is 12.0 Å². The van der Waals surface area contributed by atoms with Crippen LogP contribution >= 0.6 is 0 Å². The van der Waals surface area contributed by atoms with Gasteiger partial charge in [-0.2, -0.15) is 0 Å². The van der Waals surface area contributed by atoms with E-state index >= 15 is 0 Å². The molecule has 5 nitrogen and oxygen atoms in total. The van der Waals surface area contributed by atoms with Crippen LogP contribution in [0.1, 0.15) is 25.7 Å². The third-order valence-corrected chi connectivity index (χ3v) is 4.63. The second-order valence-electron chi connectivity index (χ2n) is 5.78. The second-order valence-corrected chi connectivity index (χ2v) is 5.78. The van der Waals surface area contributed by atoms with E-state index < -0.39 is 0 Å². The maximum atomic E-state index is 11.6. The third-order valence-electron chi connectivity index (χ3n) is 4.63. The largest absolute Gasteiger partial charge is 0.464 e. The molecule has 2 atom stereocenters. The highest BCUT2D eigenvalue weighted by Crippen LogP contribution is 2.24. The Bertz CT molecular complexity index is 315. The molecule has 0 spiro atoms. The average molecular weight is 253 g/mol. The van der Waals surface area contributed by atoms with Crippen molar-refractivity contribution in [2.45, 2.75) is 43.8 Å². The summed E-state index contributed by atoms with van der Waals surface area (Å²) in [6.45, 7) is 4.90. The summed E-state index contributed by atoms with van der Waals surface area (Å²) >= 11 is 0. The van der Waals surface area contributed by atoms with Gasteiger partial charge in [0, 0.05) is 31.6 Å². The Hall–Kier alpha value is -0.650. The fraction of sp³-hybridized carbons (Fsp3) is 0.923. The summed E-state index contributed by atoms with van der Waals surface area (Å²) in [6.07, 6.45) is 4.28. The SMILES string of the molecule is NC1CCN(C2CCN(C3CCOC3=O)C2)CC1. The van der Waals surface area contributed by atoms with Crippen molar-refractivity contribution in [3.8, 4) is 0 Å². The first-order valence-corrected chi connectivity index (χ1v) is 7.14. The number of esters is 1. The Kier molecular flexibility index (Phi) is 3.54. The third kappa shape index (κ3) is 2.39. The first-order chi connectivity index (χ1) is 8.74. The molecular formula is C13H23N3O2. The molecule has 0 aromatic carbocycles. The van der Waals surface area contributed by atoms with Crippen LogP contribution in [0.4, 0.5) is 0 Å². The van der Waals surface area contributed by atoms with Gasteiger partial charge in [0.1, 0.15) is 6.04 Å². The summed E-state index contributed by atoms with van der Waals surface area (Å²) in [5, 5.41) is 0. The first-order valence-electron chi connectivity index (χ1n) is 7.14. The Morgan fingerprint density at radius 3 is 2.44 bits per heavy atom. The lowest BCUT2D eigenvalue weighted by atomic mass is 10.0. The zero-order valence-electron chi connectivity index (χ0n) is 10.9. The smallest absolute Gasteiger partial charge is 0.323 e.